The van der Waals surface area contributed by atoms with Crippen LogP contribution in [0.15, 0.2) is 18.3 Å². The van der Waals surface area contributed by atoms with E-state index < -0.39 is 4.92 Å². The summed E-state index contributed by atoms with van der Waals surface area (Å²) in [6.07, 6.45) is 5.64. The molecule has 1 aliphatic rings. The summed E-state index contributed by atoms with van der Waals surface area (Å²) in [6.45, 7) is 0. The number of pyridine rings is 1. The van der Waals surface area contributed by atoms with Gasteiger partial charge < -0.3 is 21.2 Å². The van der Waals surface area contributed by atoms with Gasteiger partial charge in [-0.05, 0) is 41.7 Å². The van der Waals surface area contributed by atoms with Gasteiger partial charge in [-0.25, -0.2) is 0 Å². The molecule has 0 saturated heterocycles. The summed E-state index contributed by atoms with van der Waals surface area (Å²) < 4.78 is 0. The van der Waals surface area contributed by atoms with E-state index in [1.165, 1.54) is 12.3 Å². The van der Waals surface area contributed by atoms with Crippen LogP contribution in [0.3, 0.4) is 0 Å². The molecular weight excluding hydrogens is 220 g/mol. The van der Waals surface area contributed by atoms with Crippen molar-refractivity contribution in [3.63, 3.8) is 0 Å². The van der Waals surface area contributed by atoms with Gasteiger partial charge in [-0.2, -0.15) is 0 Å². The number of aromatic nitrogens is 1. The van der Waals surface area contributed by atoms with Crippen molar-refractivity contribution in [2.24, 2.45) is 5.73 Å². The Bertz CT molecular complexity index is 385. The highest BCUT2D eigenvalue weighted by molar-refractivity contribution is 5.44. The summed E-state index contributed by atoms with van der Waals surface area (Å²) in [4.78, 5) is 13.7. The standard InChI is InChI=1S/C11H16N4O2/c12-8-1-3-9(4-2-8)14-10-5-6-11(13-7-10)15(16)17/h5-9,14H,1-4,12H2. The first-order valence-corrected chi connectivity index (χ1v) is 5.77. The van der Waals surface area contributed by atoms with Gasteiger partial charge in [0.1, 0.15) is 0 Å². The third-order valence-electron chi connectivity index (χ3n) is 3.08. The Balaban J connectivity index is 1.92. The monoisotopic (exact) mass is 236 g/mol. The summed E-state index contributed by atoms with van der Waals surface area (Å²) in [6, 6.07) is 3.83. The highest BCUT2D eigenvalue weighted by Crippen LogP contribution is 2.21. The Hall–Kier alpha value is -1.69. The van der Waals surface area contributed by atoms with Crippen LogP contribution in [-0.2, 0) is 0 Å². The van der Waals surface area contributed by atoms with Crippen molar-refractivity contribution in [3.05, 3.63) is 28.4 Å². The SMILES string of the molecule is NC1CCC(Nc2ccc([N+](=O)[O-])nc2)CC1. The molecule has 6 heteroatoms. The van der Waals surface area contributed by atoms with Crippen LogP contribution in [0.4, 0.5) is 11.5 Å². The molecule has 1 aromatic rings. The number of anilines is 1. The predicted molar refractivity (Wildman–Crippen MR) is 64.7 cm³/mol. The molecule has 3 N–H and O–H groups in total. The molecule has 0 aliphatic heterocycles. The van der Waals surface area contributed by atoms with Crippen LogP contribution < -0.4 is 11.1 Å². The van der Waals surface area contributed by atoms with Crippen molar-refractivity contribution < 1.29 is 4.92 Å². The van der Waals surface area contributed by atoms with Gasteiger partial charge in [-0.1, -0.05) is 0 Å². The van der Waals surface area contributed by atoms with Gasteiger partial charge in [-0.15, -0.1) is 0 Å². The molecular formula is C11H16N4O2. The lowest BCUT2D eigenvalue weighted by atomic mass is 9.92. The van der Waals surface area contributed by atoms with E-state index in [-0.39, 0.29) is 5.82 Å². The first kappa shape index (κ1) is 11.8. The molecule has 0 bridgehead atoms. The van der Waals surface area contributed by atoms with Gasteiger partial charge in [0.25, 0.3) is 0 Å². The van der Waals surface area contributed by atoms with Gasteiger partial charge >= 0.3 is 5.82 Å². The van der Waals surface area contributed by atoms with E-state index >= 15 is 0 Å². The molecule has 0 atom stereocenters. The van der Waals surface area contributed by atoms with Gasteiger partial charge in [0, 0.05) is 18.2 Å². The second-order valence-corrected chi connectivity index (χ2v) is 4.42. The third kappa shape index (κ3) is 3.13. The molecule has 92 valence electrons. The fraction of sp³-hybridized carbons (Fsp3) is 0.545. The lowest BCUT2D eigenvalue weighted by Crippen LogP contribution is -2.32. The van der Waals surface area contributed by atoms with Crippen LogP contribution in [0.1, 0.15) is 25.7 Å². The summed E-state index contributed by atoms with van der Waals surface area (Å²) in [5.41, 5.74) is 6.66. The molecule has 17 heavy (non-hydrogen) atoms. The zero-order valence-corrected chi connectivity index (χ0v) is 9.50. The van der Waals surface area contributed by atoms with E-state index in [1.807, 2.05) is 0 Å². The number of hydrogen-bond acceptors (Lipinski definition) is 5. The van der Waals surface area contributed by atoms with Gasteiger partial charge in [-0.3, -0.25) is 0 Å². The van der Waals surface area contributed by atoms with Gasteiger partial charge in [0.05, 0.1) is 5.69 Å². The minimum absolute atomic E-state index is 0.124. The average molecular weight is 236 g/mol. The van der Waals surface area contributed by atoms with E-state index in [4.69, 9.17) is 5.73 Å². The summed E-state index contributed by atoms with van der Waals surface area (Å²) in [5, 5.41) is 13.8. The molecule has 1 fully saturated rings. The number of nitro groups is 1. The van der Waals surface area contributed by atoms with Crippen molar-refractivity contribution in [1.29, 1.82) is 0 Å². The normalized spacial score (nSPS) is 24.3. The summed E-state index contributed by atoms with van der Waals surface area (Å²) in [7, 11) is 0. The third-order valence-corrected chi connectivity index (χ3v) is 3.08. The maximum Gasteiger partial charge on any atom is 0.363 e. The Kier molecular flexibility index (Phi) is 3.53. The lowest BCUT2D eigenvalue weighted by Gasteiger charge is -2.27. The number of nitrogens with two attached hydrogens (primary N) is 1. The first-order chi connectivity index (χ1) is 8.15. The molecule has 1 saturated carbocycles. The van der Waals surface area contributed by atoms with Crippen molar-refractivity contribution in [1.82, 2.24) is 4.98 Å². The van der Waals surface area contributed by atoms with Gasteiger partial charge in [0.15, 0.2) is 6.20 Å². The average Bonchev–Trinajstić information content (AvgIpc) is 2.33. The van der Waals surface area contributed by atoms with Crippen molar-refractivity contribution in [2.75, 3.05) is 5.32 Å². The van der Waals surface area contributed by atoms with E-state index in [0.29, 0.717) is 12.1 Å². The molecule has 0 radical (unpaired) electrons. The van der Waals surface area contributed by atoms with Crippen LogP contribution in [0.2, 0.25) is 0 Å². The molecule has 1 heterocycles. The molecule has 0 unspecified atom stereocenters. The number of nitrogens with zero attached hydrogens (tertiary/aromatic N) is 2. The second kappa shape index (κ2) is 5.09. The molecule has 0 spiro atoms. The molecule has 0 aromatic carbocycles. The Morgan fingerprint density at radius 1 is 1.35 bits per heavy atom. The lowest BCUT2D eigenvalue weighted by molar-refractivity contribution is -0.389. The molecule has 1 aliphatic carbocycles. The smallest absolute Gasteiger partial charge is 0.363 e. The zero-order valence-electron chi connectivity index (χ0n) is 9.50. The molecule has 2 rings (SSSR count). The van der Waals surface area contributed by atoms with Gasteiger partial charge in [0.2, 0.25) is 0 Å². The van der Waals surface area contributed by atoms with E-state index in [9.17, 15) is 10.1 Å². The van der Waals surface area contributed by atoms with E-state index in [2.05, 4.69) is 10.3 Å². The van der Waals surface area contributed by atoms with E-state index in [0.717, 1.165) is 31.4 Å². The Labute approximate surface area is 99.4 Å². The predicted octanol–water partition coefficient (Wildman–Crippen LogP) is 1.67. The first-order valence-electron chi connectivity index (χ1n) is 5.77. The van der Waals surface area contributed by atoms with Crippen molar-refractivity contribution in [2.45, 2.75) is 37.8 Å². The van der Waals surface area contributed by atoms with Crippen LogP contribution in [-0.4, -0.2) is 22.0 Å². The largest absolute Gasteiger partial charge is 0.379 e. The highest BCUT2D eigenvalue weighted by Gasteiger charge is 2.18. The Morgan fingerprint density at radius 3 is 2.59 bits per heavy atom. The second-order valence-electron chi connectivity index (χ2n) is 4.42. The number of rotatable bonds is 3. The number of hydrogen-bond donors (Lipinski definition) is 2. The van der Waals surface area contributed by atoms with Crippen LogP contribution in [0.5, 0.6) is 0 Å². The topological polar surface area (TPSA) is 94.1 Å². The molecule has 6 nitrogen and oxygen atoms in total. The highest BCUT2D eigenvalue weighted by atomic mass is 16.6. The van der Waals surface area contributed by atoms with E-state index in [1.54, 1.807) is 6.07 Å². The quantitative estimate of drug-likeness (QED) is 0.615. The zero-order chi connectivity index (χ0) is 12.3. The Morgan fingerprint density at radius 2 is 2.06 bits per heavy atom. The maximum atomic E-state index is 10.4. The van der Waals surface area contributed by atoms with Crippen LogP contribution >= 0.6 is 0 Å². The maximum absolute atomic E-state index is 10.4. The minimum Gasteiger partial charge on any atom is -0.379 e. The molecule has 0 amide bonds. The van der Waals surface area contributed by atoms with Crippen molar-refractivity contribution >= 4 is 11.5 Å². The van der Waals surface area contributed by atoms with Crippen molar-refractivity contribution in [3.8, 4) is 0 Å². The molecule has 1 aromatic heterocycles. The summed E-state index contributed by atoms with van der Waals surface area (Å²) in [5.74, 6) is -0.124. The summed E-state index contributed by atoms with van der Waals surface area (Å²) >= 11 is 0. The van der Waals surface area contributed by atoms with Crippen LogP contribution in [0.25, 0.3) is 0 Å². The fourth-order valence-corrected chi connectivity index (χ4v) is 2.08. The van der Waals surface area contributed by atoms with Crippen LogP contribution in [0, 0.1) is 10.1 Å². The fourth-order valence-electron chi connectivity index (χ4n) is 2.08. The minimum atomic E-state index is -0.497. The number of nitrogens with one attached hydrogen (secondary N) is 1.